The molecular weight excluding hydrogens is 286 g/mol. The van der Waals surface area contributed by atoms with E-state index < -0.39 is 0 Å². The van der Waals surface area contributed by atoms with Crippen LogP contribution < -0.4 is 15.4 Å². The zero-order valence-corrected chi connectivity index (χ0v) is 12.4. The van der Waals surface area contributed by atoms with E-state index in [0.717, 1.165) is 17.0 Å². The van der Waals surface area contributed by atoms with Crippen LogP contribution in [0.5, 0.6) is 5.75 Å². The Labute approximate surface area is 128 Å². The third-order valence-corrected chi connectivity index (χ3v) is 3.84. The van der Waals surface area contributed by atoms with Crippen molar-refractivity contribution in [3.05, 3.63) is 59.1 Å². The van der Waals surface area contributed by atoms with Crippen LogP contribution in [-0.4, -0.2) is 19.6 Å². The highest BCUT2D eigenvalue weighted by Gasteiger charge is 2.30. The van der Waals surface area contributed by atoms with E-state index >= 15 is 0 Å². The van der Waals surface area contributed by atoms with Crippen molar-refractivity contribution < 1.29 is 4.74 Å². The average Bonchev–Trinajstić information content (AvgIpc) is 2.90. The predicted octanol–water partition coefficient (Wildman–Crippen LogP) is 3.22. The van der Waals surface area contributed by atoms with E-state index in [-0.39, 0.29) is 6.04 Å². The number of nitrogens with zero attached hydrogens (tertiary/aromatic N) is 2. The molecule has 1 aliphatic rings. The molecule has 2 aromatic rings. The van der Waals surface area contributed by atoms with Gasteiger partial charge in [-0.05, 0) is 30.3 Å². The summed E-state index contributed by atoms with van der Waals surface area (Å²) in [4.78, 5) is 6.39. The van der Waals surface area contributed by atoms with Gasteiger partial charge < -0.3 is 15.4 Å². The lowest BCUT2D eigenvalue weighted by atomic mass is 10.0. The van der Waals surface area contributed by atoms with Crippen LogP contribution in [0.2, 0.25) is 5.02 Å². The molecule has 5 heteroatoms. The van der Waals surface area contributed by atoms with Crippen LogP contribution in [0.1, 0.15) is 11.6 Å². The predicted molar refractivity (Wildman–Crippen MR) is 86.2 cm³/mol. The van der Waals surface area contributed by atoms with Gasteiger partial charge in [0.15, 0.2) is 5.96 Å². The second-order valence-electron chi connectivity index (χ2n) is 4.80. The van der Waals surface area contributed by atoms with Gasteiger partial charge in [-0.2, -0.15) is 0 Å². The number of hydrogen-bond acceptors (Lipinski definition) is 4. The molecule has 1 aliphatic heterocycles. The fraction of sp³-hybridized carbons (Fsp3) is 0.188. The first-order chi connectivity index (χ1) is 10.2. The molecule has 21 heavy (non-hydrogen) atoms. The van der Waals surface area contributed by atoms with Crippen molar-refractivity contribution in [3.8, 4) is 5.75 Å². The van der Waals surface area contributed by atoms with Crippen LogP contribution in [-0.2, 0) is 0 Å². The Balaban J connectivity index is 2.01. The normalized spacial score (nSPS) is 17.7. The molecule has 0 spiro atoms. The quantitative estimate of drug-likeness (QED) is 0.947. The molecule has 1 unspecified atom stereocenters. The second-order valence-corrected chi connectivity index (χ2v) is 5.24. The minimum Gasteiger partial charge on any atom is -0.496 e. The first kappa shape index (κ1) is 13.8. The molecule has 4 nitrogen and oxygen atoms in total. The molecule has 3 rings (SSSR count). The van der Waals surface area contributed by atoms with Gasteiger partial charge in [0.1, 0.15) is 5.75 Å². The Morgan fingerprint density at radius 2 is 1.90 bits per heavy atom. The molecule has 1 atom stereocenters. The van der Waals surface area contributed by atoms with Gasteiger partial charge in [0.25, 0.3) is 0 Å². The molecule has 2 aromatic carbocycles. The summed E-state index contributed by atoms with van der Waals surface area (Å²) in [7, 11) is 1.67. The maximum absolute atomic E-state index is 6.07. The number of rotatable bonds is 3. The zero-order chi connectivity index (χ0) is 14.8. The molecule has 1 heterocycles. The van der Waals surface area contributed by atoms with Crippen LogP contribution in [0.3, 0.4) is 0 Å². The molecule has 108 valence electrons. The highest BCUT2D eigenvalue weighted by atomic mass is 35.5. The minimum atomic E-state index is 0.0299. The van der Waals surface area contributed by atoms with Crippen LogP contribution >= 0.6 is 11.6 Å². The number of aliphatic imine (C=N–C) groups is 1. The van der Waals surface area contributed by atoms with Crippen LogP contribution in [0.4, 0.5) is 5.69 Å². The van der Waals surface area contributed by atoms with E-state index in [1.165, 1.54) is 0 Å². The van der Waals surface area contributed by atoms with E-state index in [2.05, 4.69) is 4.99 Å². The lowest BCUT2D eigenvalue weighted by molar-refractivity contribution is 0.406. The van der Waals surface area contributed by atoms with E-state index in [9.17, 15) is 0 Å². The number of hydrogen-bond donors (Lipinski definition) is 1. The molecule has 0 bridgehead atoms. The first-order valence-corrected chi connectivity index (χ1v) is 7.06. The lowest BCUT2D eigenvalue weighted by Gasteiger charge is -2.27. The number of anilines is 1. The Morgan fingerprint density at radius 1 is 1.19 bits per heavy atom. The molecule has 0 saturated carbocycles. The summed E-state index contributed by atoms with van der Waals surface area (Å²) in [5, 5.41) is 0.697. The lowest BCUT2D eigenvalue weighted by Crippen LogP contribution is -2.36. The van der Waals surface area contributed by atoms with Gasteiger partial charge in [-0.1, -0.05) is 29.8 Å². The van der Waals surface area contributed by atoms with Crippen molar-refractivity contribution in [1.82, 2.24) is 0 Å². The van der Waals surface area contributed by atoms with Crippen molar-refractivity contribution in [3.63, 3.8) is 0 Å². The van der Waals surface area contributed by atoms with Crippen molar-refractivity contribution in [2.75, 3.05) is 18.6 Å². The number of ether oxygens (including phenoxy) is 1. The van der Waals surface area contributed by atoms with Crippen LogP contribution in [0.25, 0.3) is 0 Å². The fourth-order valence-electron chi connectivity index (χ4n) is 2.59. The first-order valence-electron chi connectivity index (χ1n) is 6.68. The molecule has 0 aromatic heterocycles. The smallest absolute Gasteiger partial charge is 0.196 e. The van der Waals surface area contributed by atoms with E-state index in [1.807, 2.05) is 53.4 Å². The van der Waals surface area contributed by atoms with Crippen LogP contribution in [0.15, 0.2) is 53.5 Å². The third kappa shape index (κ3) is 2.54. The Morgan fingerprint density at radius 3 is 2.62 bits per heavy atom. The Hall–Kier alpha value is -2.20. The number of methoxy groups -OCH3 is 1. The third-order valence-electron chi connectivity index (χ3n) is 3.59. The zero-order valence-electron chi connectivity index (χ0n) is 11.7. The van der Waals surface area contributed by atoms with Gasteiger partial charge in [0.05, 0.1) is 19.7 Å². The highest BCUT2D eigenvalue weighted by Crippen LogP contribution is 2.35. The van der Waals surface area contributed by atoms with Crippen LogP contribution in [0, 0.1) is 0 Å². The van der Waals surface area contributed by atoms with Gasteiger partial charge >= 0.3 is 0 Å². The van der Waals surface area contributed by atoms with E-state index in [4.69, 9.17) is 22.1 Å². The minimum absolute atomic E-state index is 0.0299. The number of halogens is 1. The summed E-state index contributed by atoms with van der Waals surface area (Å²) in [5.74, 6) is 1.35. The number of benzene rings is 2. The van der Waals surface area contributed by atoms with Gasteiger partial charge in [-0.3, -0.25) is 4.99 Å². The summed E-state index contributed by atoms with van der Waals surface area (Å²) in [6.45, 7) is 0.606. The standard InChI is InChI=1S/C16H16ClN3O/c1-21-15-5-3-2-4-13(15)14-10-19-16(18)20(14)12-8-6-11(17)7-9-12/h2-9,14H,10H2,1H3,(H2,18,19). The number of para-hydroxylation sites is 1. The van der Waals surface area contributed by atoms with Gasteiger partial charge in [-0.25, -0.2) is 0 Å². The Kier molecular flexibility index (Phi) is 3.71. The fourth-order valence-corrected chi connectivity index (χ4v) is 2.72. The monoisotopic (exact) mass is 301 g/mol. The van der Waals surface area contributed by atoms with Crippen molar-refractivity contribution in [2.24, 2.45) is 10.7 Å². The van der Waals surface area contributed by atoms with E-state index in [0.29, 0.717) is 17.5 Å². The summed E-state index contributed by atoms with van der Waals surface area (Å²) >= 11 is 5.96. The molecule has 0 radical (unpaired) electrons. The SMILES string of the molecule is COc1ccccc1C1CN=C(N)N1c1ccc(Cl)cc1. The number of nitrogens with two attached hydrogens (primary N) is 1. The molecule has 0 saturated heterocycles. The number of guanidine groups is 1. The molecule has 0 aliphatic carbocycles. The van der Waals surface area contributed by atoms with Gasteiger partial charge in [0.2, 0.25) is 0 Å². The van der Waals surface area contributed by atoms with Crippen molar-refractivity contribution in [2.45, 2.75) is 6.04 Å². The molecular formula is C16H16ClN3O. The largest absolute Gasteiger partial charge is 0.496 e. The molecule has 0 fully saturated rings. The summed E-state index contributed by atoms with van der Waals surface area (Å²) in [6, 6.07) is 15.5. The topological polar surface area (TPSA) is 50.9 Å². The van der Waals surface area contributed by atoms with Gasteiger partial charge in [-0.15, -0.1) is 0 Å². The average molecular weight is 302 g/mol. The van der Waals surface area contributed by atoms with Crippen molar-refractivity contribution >= 4 is 23.2 Å². The molecule has 2 N–H and O–H groups in total. The molecule has 0 amide bonds. The summed E-state index contributed by atoms with van der Waals surface area (Å²) in [6.07, 6.45) is 0. The maximum Gasteiger partial charge on any atom is 0.196 e. The summed E-state index contributed by atoms with van der Waals surface area (Å²) in [5.41, 5.74) is 8.11. The Bertz CT molecular complexity index is 669. The maximum atomic E-state index is 6.07. The van der Waals surface area contributed by atoms with E-state index in [1.54, 1.807) is 7.11 Å². The second kappa shape index (κ2) is 5.66. The van der Waals surface area contributed by atoms with Crippen molar-refractivity contribution in [1.29, 1.82) is 0 Å². The van der Waals surface area contributed by atoms with Gasteiger partial charge in [0, 0.05) is 16.3 Å². The highest BCUT2D eigenvalue weighted by molar-refractivity contribution is 6.30. The summed E-state index contributed by atoms with van der Waals surface area (Å²) < 4.78 is 5.46.